The van der Waals surface area contributed by atoms with Crippen LogP contribution < -0.4 is 20.2 Å². The molecule has 0 saturated carbocycles. The van der Waals surface area contributed by atoms with Crippen molar-refractivity contribution in [3.05, 3.63) is 182 Å². The number of hydrogen-bond acceptors (Lipinski definition) is 6. The summed E-state index contributed by atoms with van der Waals surface area (Å²) in [7, 11) is -3.14. The van der Waals surface area contributed by atoms with Crippen LogP contribution in [0.5, 0.6) is 0 Å². The molecule has 0 N–H and O–H groups in total. The SMILES string of the molecule is CCc1cc(N(c2ccc([Si](C)(C)C)cc2)c2cnc3c(ccc4cccnc43)c2)c2ccc3c(CC)cc(N(c4ccc([Si](C)(C)C)cc4)c4cnc5c(ccc6cccnc65)c4)c4ccc1c2c34. The minimum atomic E-state index is -1.57. The maximum atomic E-state index is 5.20. The molecule has 12 aromatic rings. The molecule has 0 aliphatic rings. The van der Waals surface area contributed by atoms with Crippen molar-refractivity contribution in [1.82, 2.24) is 19.9 Å². The highest BCUT2D eigenvalue weighted by Gasteiger charge is 2.27. The van der Waals surface area contributed by atoms with Crippen LogP contribution in [0.2, 0.25) is 39.3 Å². The Balaban J connectivity index is 1.13. The molecule has 0 bridgehead atoms. The molecule has 8 aromatic carbocycles. The zero-order valence-electron chi connectivity index (χ0n) is 41.3. The van der Waals surface area contributed by atoms with Crippen LogP contribution in [0.25, 0.3) is 75.9 Å². The first-order chi connectivity index (χ1) is 33.9. The molecule has 70 heavy (non-hydrogen) atoms. The summed E-state index contributed by atoms with van der Waals surface area (Å²) in [4.78, 5) is 24.8. The Labute approximate surface area is 411 Å². The zero-order valence-corrected chi connectivity index (χ0v) is 43.3. The van der Waals surface area contributed by atoms with Crippen LogP contribution in [0.15, 0.2) is 170 Å². The van der Waals surface area contributed by atoms with E-state index in [1.165, 1.54) is 53.8 Å². The standard InChI is InChI=1S/C62H56N6Si2/c1-9-39-35-55(67(45-19-23-49(24-20-45)69(3,4)5)47-33-43-17-15-41-13-11-31-63-59(41)61(43)65-37-47)53-30-28-52-40(10-2)36-56(54-29-27-51(39)57(53)58(52)54)68(46-21-25-50(26-22-46)70(6,7)8)48-34-44-18-16-42-14-12-32-64-60(42)62(44)66-38-48/h11-38H,9-10H2,1-8H3. The van der Waals surface area contributed by atoms with E-state index >= 15 is 0 Å². The number of anilines is 6. The number of aryl methyl sites for hydroxylation is 2. The lowest BCUT2D eigenvalue weighted by molar-refractivity contribution is 1.15. The molecule has 4 heterocycles. The summed E-state index contributed by atoms with van der Waals surface area (Å²) in [5, 5.41) is 14.7. The predicted octanol–water partition coefficient (Wildman–Crippen LogP) is 15.9. The van der Waals surface area contributed by atoms with Crippen molar-refractivity contribution in [2.75, 3.05) is 9.80 Å². The molecule has 0 aliphatic carbocycles. The average Bonchev–Trinajstić information content (AvgIpc) is 3.38. The largest absolute Gasteiger partial charge is 0.308 e. The topological polar surface area (TPSA) is 58.0 Å². The smallest absolute Gasteiger partial charge is 0.0966 e. The van der Waals surface area contributed by atoms with Gasteiger partial charge in [-0.05, 0) is 106 Å². The van der Waals surface area contributed by atoms with Gasteiger partial charge in [0.25, 0.3) is 0 Å². The maximum Gasteiger partial charge on any atom is 0.0966 e. The second-order valence-corrected chi connectivity index (χ2v) is 31.1. The highest BCUT2D eigenvalue weighted by molar-refractivity contribution is 6.89. The third kappa shape index (κ3) is 7.19. The highest BCUT2D eigenvalue weighted by atomic mass is 28.3. The van der Waals surface area contributed by atoms with E-state index in [1.54, 1.807) is 0 Å². The van der Waals surface area contributed by atoms with Crippen molar-refractivity contribution in [3.8, 4) is 0 Å². The van der Waals surface area contributed by atoms with Gasteiger partial charge >= 0.3 is 0 Å². The van der Waals surface area contributed by atoms with E-state index < -0.39 is 16.1 Å². The second kappa shape index (κ2) is 16.6. The van der Waals surface area contributed by atoms with E-state index in [-0.39, 0.29) is 0 Å². The van der Waals surface area contributed by atoms with Crippen LogP contribution in [-0.4, -0.2) is 36.1 Å². The number of pyridine rings is 4. The number of benzene rings is 8. The molecule has 0 spiro atoms. The van der Waals surface area contributed by atoms with Crippen LogP contribution in [0.1, 0.15) is 25.0 Å². The first-order valence-corrected chi connectivity index (χ1v) is 31.7. The molecular formula is C62H56N6Si2. The van der Waals surface area contributed by atoms with Gasteiger partial charge in [0.2, 0.25) is 0 Å². The minimum Gasteiger partial charge on any atom is -0.308 e. The zero-order chi connectivity index (χ0) is 48.1. The monoisotopic (exact) mass is 940 g/mol. The van der Waals surface area contributed by atoms with Crippen molar-refractivity contribution in [2.24, 2.45) is 0 Å². The van der Waals surface area contributed by atoms with Crippen LogP contribution >= 0.6 is 0 Å². The Hall–Kier alpha value is -7.53. The van der Waals surface area contributed by atoms with Crippen molar-refractivity contribution >= 4 is 137 Å². The van der Waals surface area contributed by atoms with E-state index in [1.807, 2.05) is 36.9 Å². The summed E-state index contributed by atoms with van der Waals surface area (Å²) in [5.74, 6) is 0. The van der Waals surface area contributed by atoms with Crippen LogP contribution in [0.3, 0.4) is 0 Å². The molecule has 0 unspecified atom stereocenters. The fourth-order valence-corrected chi connectivity index (χ4v) is 13.2. The van der Waals surface area contributed by atoms with E-state index in [2.05, 4.69) is 196 Å². The maximum absolute atomic E-state index is 5.20. The molecule has 0 amide bonds. The Kier molecular flexibility index (Phi) is 10.4. The first kappa shape index (κ1) is 43.7. The molecule has 4 aromatic heterocycles. The summed E-state index contributed by atoms with van der Waals surface area (Å²) >= 11 is 0. The Morgan fingerprint density at radius 3 is 1.13 bits per heavy atom. The van der Waals surface area contributed by atoms with Gasteiger partial charge in [-0.1, -0.05) is 148 Å². The van der Waals surface area contributed by atoms with Gasteiger partial charge in [-0.3, -0.25) is 19.9 Å². The Morgan fingerprint density at radius 2 is 0.743 bits per heavy atom. The Morgan fingerprint density at radius 1 is 0.371 bits per heavy atom. The lowest BCUT2D eigenvalue weighted by Gasteiger charge is -2.31. The van der Waals surface area contributed by atoms with Crippen LogP contribution in [0.4, 0.5) is 34.1 Å². The average molecular weight is 941 g/mol. The van der Waals surface area contributed by atoms with Crippen LogP contribution in [-0.2, 0) is 12.8 Å². The van der Waals surface area contributed by atoms with Gasteiger partial charge in [-0.25, -0.2) is 0 Å². The second-order valence-electron chi connectivity index (χ2n) is 21.0. The summed E-state index contributed by atoms with van der Waals surface area (Å²) in [6.07, 6.45) is 9.57. The molecular weight excluding hydrogens is 885 g/mol. The van der Waals surface area contributed by atoms with Gasteiger partial charge in [-0.2, -0.15) is 0 Å². The first-order valence-electron chi connectivity index (χ1n) is 24.7. The third-order valence-electron chi connectivity index (χ3n) is 14.6. The number of aromatic nitrogens is 4. The third-order valence-corrected chi connectivity index (χ3v) is 18.7. The molecule has 342 valence electrons. The molecule has 0 radical (unpaired) electrons. The number of fused-ring (bicyclic) bond motifs is 6. The molecule has 0 atom stereocenters. The molecule has 6 nitrogen and oxygen atoms in total. The molecule has 8 heteroatoms. The van der Waals surface area contributed by atoms with Crippen molar-refractivity contribution in [2.45, 2.75) is 66.0 Å². The highest BCUT2D eigenvalue weighted by Crippen LogP contribution is 2.50. The summed E-state index contributed by atoms with van der Waals surface area (Å²) < 4.78 is 0. The predicted molar refractivity (Wildman–Crippen MR) is 305 cm³/mol. The van der Waals surface area contributed by atoms with E-state index in [0.29, 0.717) is 0 Å². The van der Waals surface area contributed by atoms with Crippen LogP contribution in [0, 0.1) is 0 Å². The van der Waals surface area contributed by atoms with Gasteiger partial charge in [0.1, 0.15) is 0 Å². The fourth-order valence-electron chi connectivity index (χ4n) is 10.8. The summed E-state index contributed by atoms with van der Waals surface area (Å²) in [6, 6.07) is 54.5. The molecule has 0 fully saturated rings. The minimum absolute atomic E-state index is 0.882. The van der Waals surface area contributed by atoms with Crippen molar-refractivity contribution < 1.29 is 0 Å². The molecule has 0 saturated heterocycles. The van der Waals surface area contributed by atoms with Gasteiger partial charge in [0, 0.05) is 56.1 Å². The molecule has 0 aliphatic heterocycles. The lowest BCUT2D eigenvalue weighted by atomic mass is 9.87. The van der Waals surface area contributed by atoms with Gasteiger partial charge in [0.05, 0.1) is 73.4 Å². The van der Waals surface area contributed by atoms with E-state index in [4.69, 9.17) is 19.9 Å². The van der Waals surface area contributed by atoms with E-state index in [0.717, 1.165) is 90.6 Å². The van der Waals surface area contributed by atoms with E-state index in [9.17, 15) is 0 Å². The number of rotatable bonds is 10. The quantitative estimate of drug-likeness (QED) is 0.101. The Bertz CT molecular complexity index is 3740. The summed E-state index contributed by atoms with van der Waals surface area (Å²) in [5.41, 5.74) is 12.8. The van der Waals surface area contributed by atoms with Gasteiger partial charge < -0.3 is 9.80 Å². The summed E-state index contributed by atoms with van der Waals surface area (Å²) in [6.45, 7) is 19.1. The van der Waals surface area contributed by atoms with Crippen molar-refractivity contribution in [1.29, 1.82) is 0 Å². The van der Waals surface area contributed by atoms with Gasteiger partial charge in [-0.15, -0.1) is 0 Å². The van der Waals surface area contributed by atoms with Crippen molar-refractivity contribution in [3.63, 3.8) is 0 Å². The fraction of sp³-hybridized carbons (Fsp3) is 0.161. The van der Waals surface area contributed by atoms with Gasteiger partial charge in [0.15, 0.2) is 0 Å². The molecule has 12 rings (SSSR count). The number of nitrogens with zero attached hydrogens (tertiary/aromatic N) is 6. The normalized spacial score (nSPS) is 12.4. The number of hydrogen-bond donors (Lipinski definition) is 0. The lowest BCUT2D eigenvalue weighted by Crippen LogP contribution is -2.37.